The van der Waals surface area contributed by atoms with Gasteiger partial charge in [-0.2, -0.15) is 0 Å². The largest absolute Gasteiger partial charge is 0.479 e. The molecular weight excluding hydrogens is 508 g/mol. The molecule has 1 N–H and O–H groups in total. The van der Waals surface area contributed by atoms with E-state index in [4.69, 9.17) is 23.7 Å². The molecule has 2 aromatic rings. The zero-order valence-corrected chi connectivity index (χ0v) is 21.9. The van der Waals surface area contributed by atoms with Crippen LogP contribution in [0.2, 0.25) is 0 Å². The Morgan fingerprint density at radius 2 is 1.95 bits per heavy atom. The van der Waals surface area contributed by atoms with E-state index in [1.165, 1.54) is 29.9 Å². The van der Waals surface area contributed by atoms with Crippen LogP contribution in [0.3, 0.4) is 0 Å². The van der Waals surface area contributed by atoms with Gasteiger partial charge in [0, 0.05) is 5.56 Å². The molecule has 3 heterocycles. The summed E-state index contributed by atoms with van der Waals surface area (Å²) in [5, 5.41) is 18.0. The first-order valence-corrected chi connectivity index (χ1v) is 12.1. The van der Waals surface area contributed by atoms with Crippen LogP contribution in [-0.4, -0.2) is 81.1 Å². The molecule has 2 saturated heterocycles. The van der Waals surface area contributed by atoms with Crippen molar-refractivity contribution in [2.75, 3.05) is 13.2 Å². The number of carboxylic acid groups (broad SMARTS) is 1. The van der Waals surface area contributed by atoms with Gasteiger partial charge in [0.1, 0.15) is 42.3 Å². The van der Waals surface area contributed by atoms with Crippen molar-refractivity contribution in [2.24, 2.45) is 0 Å². The Kier molecular flexibility index (Phi) is 7.58. The highest BCUT2D eigenvalue weighted by atomic mass is 19.2. The minimum absolute atomic E-state index is 0.00790. The minimum atomic E-state index is -1.54. The zero-order chi connectivity index (χ0) is 28.0. The number of rotatable bonds is 6. The fourth-order valence-electron chi connectivity index (χ4n) is 4.46. The SMILES string of the molecule is Cc1ccc(-c2cn([C@H]3[C@H]4OC(C)(C)OC[C@H]4O[C@@H](C(=O)O)[C@@H]3OCC(=O)OC(C)(C)C)nn2)c(F)c1F. The summed E-state index contributed by atoms with van der Waals surface area (Å²) >= 11 is 0. The van der Waals surface area contributed by atoms with Crippen LogP contribution in [-0.2, 0) is 33.3 Å². The third-order valence-corrected chi connectivity index (χ3v) is 6.10. The molecule has 0 aliphatic carbocycles. The number of esters is 1. The predicted octanol–water partition coefficient (Wildman–Crippen LogP) is 2.80. The highest BCUT2D eigenvalue weighted by Gasteiger charge is 2.55. The number of carbonyl (C=O) groups excluding carboxylic acids is 1. The van der Waals surface area contributed by atoms with Gasteiger partial charge in [0.15, 0.2) is 23.5 Å². The van der Waals surface area contributed by atoms with Crippen LogP contribution in [0.25, 0.3) is 11.3 Å². The van der Waals surface area contributed by atoms with Gasteiger partial charge in [-0.05, 0) is 53.2 Å². The molecule has 0 saturated carbocycles. The number of halogens is 2. The lowest BCUT2D eigenvalue weighted by atomic mass is 9.91. The summed E-state index contributed by atoms with van der Waals surface area (Å²) in [5.74, 6) is -5.23. The van der Waals surface area contributed by atoms with E-state index in [1.54, 1.807) is 34.6 Å². The molecule has 13 heteroatoms. The summed E-state index contributed by atoms with van der Waals surface area (Å²) in [6.45, 7) is 9.27. The molecule has 0 radical (unpaired) electrons. The lowest BCUT2D eigenvalue weighted by Gasteiger charge is -2.50. The molecule has 1 aromatic heterocycles. The van der Waals surface area contributed by atoms with E-state index in [0.717, 1.165) is 0 Å². The first-order valence-electron chi connectivity index (χ1n) is 12.1. The van der Waals surface area contributed by atoms with Crippen LogP contribution >= 0.6 is 0 Å². The van der Waals surface area contributed by atoms with Crippen molar-refractivity contribution in [3.05, 3.63) is 35.5 Å². The van der Waals surface area contributed by atoms with Gasteiger partial charge in [-0.15, -0.1) is 5.10 Å². The van der Waals surface area contributed by atoms with Crippen LogP contribution < -0.4 is 0 Å². The molecule has 2 aliphatic rings. The maximum Gasteiger partial charge on any atom is 0.335 e. The molecule has 208 valence electrons. The second kappa shape index (κ2) is 10.3. The van der Waals surface area contributed by atoms with Gasteiger partial charge in [-0.3, -0.25) is 0 Å². The van der Waals surface area contributed by atoms with Crippen molar-refractivity contribution in [2.45, 2.75) is 83.4 Å². The molecule has 11 nitrogen and oxygen atoms in total. The standard InChI is InChI=1S/C25H31F2N3O8/c1-12-7-8-13(18(27)17(12)26)14-9-30(29-28-14)19-20-15(10-35-25(5,6)38-20)36-22(23(32)33)21(19)34-11-16(31)37-24(2,3)4/h7-9,15,19-22H,10-11H2,1-6H3,(H,32,33)/t15-,19+,20+,21-,22-/m1/s1. The van der Waals surface area contributed by atoms with E-state index in [0.29, 0.717) is 0 Å². The third kappa shape index (κ3) is 5.85. The van der Waals surface area contributed by atoms with Crippen molar-refractivity contribution < 1.29 is 47.2 Å². The van der Waals surface area contributed by atoms with Crippen LogP contribution in [0.4, 0.5) is 8.78 Å². The number of carbonyl (C=O) groups is 2. The molecule has 4 rings (SSSR count). The molecular formula is C25H31F2N3O8. The normalized spacial score (nSPS) is 27.0. The number of hydrogen-bond acceptors (Lipinski definition) is 9. The first-order chi connectivity index (χ1) is 17.7. The number of aliphatic carboxylic acids is 1. The maximum atomic E-state index is 14.7. The first kappa shape index (κ1) is 28.0. The number of fused-ring (bicyclic) bond motifs is 1. The van der Waals surface area contributed by atoms with Gasteiger partial charge in [0.25, 0.3) is 0 Å². The van der Waals surface area contributed by atoms with Crippen LogP contribution in [0, 0.1) is 18.6 Å². The van der Waals surface area contributed by atoms with Gasteiger partial charge in [0.2, 0.25) is 0 Å². The van der Waals surface area contributed by atoms with E-state index in [2.05, 4.69) is 10.3 Å². The number of aromatic nitrogens is 3. The Morgan fingerprint density at radius 1 is 1.24 bits per heavy atom. The lowest BCUT2D eigenvalue weighted by Crippen LogP contribution is -2.64. The molecule has 38 heavy (non-hydrogen) atoms. The van der Waals surface area contributed by atoms with Crippen LogP contribution in [0.15, 0.2) is 18.3 Å². The average molecular weight is 540 g/mol. The fourth-order valence-corrected chi connectivity index (χ4v) is 4.46. The Balaban J connectivity index is 1.73. The molecule has 2 fully saturated rings. The number of carboxylic acids is 1. The number of benzene rings is 1. The summed E-state index contributed by atoms with van der Waals surface area (Å²) in [7, 11) is 0. The lowest BCUT2D eigenvalue weighted by molar-refractivity contribution is -0.348. The number of nitrogens with zero attached hydrogens (tertiary/aromatic N) is 3. The van der Waals surface area contributed by atoms with Crippen LogP contribution in [0.5, 0.6) is 0 Å². The molecule has 1 aromatic carbocycles. The van der Waals surface area contributed by atoms with Crippen molar-refractivity contribution in [1.82, 2.24) is 15.0 Å². The van der Waals surface area contributed by atoms with E-state index in [9.17, 15) is 23.5 Å². The summed E-state index contributed by atoms with van der Waals surface area (Å²) in [5.41, 5.74) is -0.781. The second-order valence-electron chi connectivity index (χ2n) is 10.7. The highest BCUT2D eigenvalue weighted by Crippen LogP contribution is 2.40. The molecule has 0 spiro atoms. The molecule has 0 amide bonds. The van der Waals surface area contributed by atoms with E-state index in [1.807, 2.05) is 0 Å². The van der Waals surface area contributed by atoms with E-state index in [-0.39, 0.29) is 23.4 Å². The van der Waals surface area contributed by atoms with Gasteiger partial charge in [-0.1, -0.05) is 11.3 Å². The van der Waals surface area contributed by atoms with Crippen molar-refractivity contribution >= 4 is 11.9 Å². The molecule has 5 atom stereocenters. The third-order valence-electron chi connectivity index (χ3n) is 6.10. The molecule has 2 aliphatic heterocycles. The van der Waals surface area contributed by atoms with E-state index >= 15 is 0 Å². The van der Waals surface area contributed by atoms with Gasteiger partial charge >= 0.3 is 11.9 Å². The van der Waals surface area contributed by atoms with Crippen molar-refractivity contribution in [1.29, 1.82) is 0 Å². The minimum Gasteiger partial charge on any atom is -0.479 e. The summed E-state index contributed by atoms with van der Waals surface area (Å²) in [6.07, 6.45) is -3.19. The quantitative estimate of drug-likeness (QED) is 0.547. The number of hydrogen-bond donors (Lipinski definition) is 1. The summed E-state index contributed by atoms with van der Waals surface area (Å²) in [4.78, 5) is 24.6. The van der Waals surface area contributed by atoms with Crippen molar-refractivity contribution in [3.63, 3.8) is 0 Å². The average Bonchev–Trinajstić information content (AvgIpc) is 3.28. The fraction of sp³-hybridized carbons (Fsp3) is 0.600. The van der Waals surface area contributed by atoms with Gasteiger partial charge < -0.3 is 28.8 Å². The van der Waals surface area contributed by atoms with Crippen molar-refractivity contribution in [3.8, 4) is 11.3 Å². The maximum absolute atomic E-state index is 14.7. The van der Waals surface area contributed by atoms with Crippen LogP contribution in [0.1, 0.15) is 46.2 Å². The smallest absolute Gasteiger partial charge is 0.335 e. The van der Waals surface area contributed by atoms with E-state index < -0.39 is 72.0 Å². The Hall–Kier alpha value is -3.00. The van der Waals surface area contributed by atoms with Gasteiger partial charge in [-0.25, -0.2) is 23.1 Å². The predicted molar refractivity (Wildman–Crippen MR) is 126 cm³/mol. The Morgan fingerprint density at radius 3 is 2.61 bits per heavy atom. The second-order valence-corrected chi connectivity index (χ2v) is 10.7. The number of ether oxygens (including phenoxy) is 5. The monoisotopic (exact) mass is 539 g/mol. The van der Waals surface area contributed by atoms with Gasteiger partial charge in [0.05, 0.1) is 12.8 Å². The Bertz CT molecular complexity index is 1210. The highest BCUT2D eigenvalue weighted by molar-refractivity contribution is 5.74. The molecule has 0 bridgehead atoms. The zero-order valence-electron chi connectivity index (χ0n) is 21.9. The molecule has 0 unspecified atom stereocenters. The topological polar surface area (TPSA) is 131 Å². The summed E-state index contributed by atoms with van der Waals surface area (Å²) in [6, 6.07) is 1.79. The number of aryl methyl sites for hydroxylation is 1. The summed E-state index contributed by atoms with van der Waals surface area (Å²) < 4.78 is 58.8. The Labute approximate surface area is 217 Å².